The smallest absolute Gasteiger partial charge is 0.0815 e. The van der Waals surface area contributed by atoms with Crippen LogP contribution in [-0.2, 0) is 11.3 Å². The van der Waals surface area contributed by atoms with Gasteiger partial charge in [0.1, 0.15) is 0 Å². The molecule has 0 atom stereocenters. The molecule has 0 bridgehead atoms. The van der Waals surface area contributed by atoms with Crippen molar-refractivity contribution < 1.29 is 9.84 Å². The Morgan fingerprint density at radius 3 is 2.69 bits per heavy atom. The average molecular weight is 222 g/mol. The van der Waals surface area contributed by atoms with Crippen LogP contribution in [-0.4, -0.2) is 35.5 Å². The van der Waals surface area contributed by atoms with E-state index < -0.39 is 5.60 Å². The molecule has 1 saturated heterocycles. The zero-order valence-electron chi connectivity index (χ0n) is 9.35. The van der Waals surface area contributed by atoms with Gasteiger partial charge in [-0.3, -0.25) is 4.98 Å². The van der Waals surface area contributed by atoms with Crippen molar-refractivity contribution in [2.75, 3.05) is 19.8 Å². The van der Waals surface area contributed by atoms with Gasteiger partial charge in [-0.15, -0.1) is 0 Å². The summed E-state index contributed by atoms with van der Waals surface area (Å²) in [6.45, 7) is 2.71. The van der Waals surface area contributed by atoms with Crippen molar-refractivity contribution in [2.24, 2.45) is 0 Å². The first-order chi connectivity index (χ1) is 7.79. The van der Waals surface area contributed by atoms with E-state index in [4.69, 9.17) is 4.74 Å². The molecule has 2 heterocycles. The minimum Gasteiger partial charge on any atom is -0.388 e. The highest BCUT2D eigenvalue weighted by molar-refractivity contribution is 5.09. The van der Waals surface area contributed by atoms with Gasteiger partial charge in [0.15, 0.2) is 0 Å². The molecule has 0 radical (unpaired) electrons. The van der Waals surface area contributed by atoms with Gasteiger partial charge in [-0.05, 0) is 17.7 Å². The molecule has 0 spiro atoms. The molecule has 0 saturated carbocycles. The second kappa shape index (κ2) is 5.39. The number of pyridine rings is 1. The van der Waals surface area contributed by atoms with Crippen molar-refractivity contribution in [1.82, 2.24) is 10.3 Å². The summed E-state index contributed by atoms with van der Waals surface area (Å²) >= 11 is 0. The molecule has 2 rings (SSSR count). The fourth-order valence-corrected chi connectivity index (χ4v) is 1.87. The van der Waals surface area contributed by atoms with Crippen molar-refractivity contribution in [1.29, 1.82) is 0 Å². The van der Waals surface area contributed by atoms with E-state index in [0.717, 1.165) is 19.4 Å². The van der Waals surface area contributed by atoms with E-state index in [0.29, 0.717) is 19.8 Å². The molecule has 1 aliphatic heterocycles. The quantitative estimate of drug-likeness (QED) is 0.788. The van der Waals surface area contributed by atoms with E-state index in [2.05, 4.69) is 10.3 Å². The van der Waals surface area contributed by atoms with Gasteiger partial charge in [-0.25, -0.2) is 0 Å². The number of nitrogens with zero attached hydrogens (tertiary/aromatic N) is 1. The first kappa shape index (κ1) is 11.5. The second-order valence-electron chi connectivity index (χ2n) is 4.30. The third kappa shape index (κ3) is 3.27. The molecule has 1 aromatic rings. The summed E-state index contributed by atoms with van der Waals surface area (Å²) in [5.74, 6) is 0. The number of hydrogen-bond acceptors (Lipinski definition) is 4. The Morgan fingerprint density at radius 1 is 1.31 bits per heavy atom. The molecule has 4 nitrogen and oxygen atoms in total. The number of ether oxygens (including phenoxy) is 1. The highest BCUT2D eigenvalue weighted by Gasteiger charge is 2.28. The Kier molecular flexibility index (Phi) is 3.88. The van der Waals surface area contributed by atoms with Gasteiger partial charge in [-0.2, -0.15) is 0 Å². The SMILES string of the molecule is OC1(CNCc2ccncc2)CCOCC1. The lowest BCUT2D eigenvalue weighted by atomic mass is 9.94. The minimum atomic E-state index is -0.592. The van der Waals surface area contributed by atoms with Gasteiger partial charge in [-0.1, -0.05) is 0 Å². The number of aromatic nitrogens is 1. The summed E-state index contributed by atoms with van der Waals surface area (Å²) in [6.07, 6.45) is 4.99. The van der Waals surface area contributed by atoms with E-state index in [1.165, 1.54) is 5.56 Å². The topological polar surface area (TPSA) is 54.4 Å². The first-order valence-corrected chi connectivity index (χ1v) is 5.68. The molecule has 0 amide bonds. The second-order valence-corrected chi connectivity index (χ2v) is 4.30. The van der Waals surface area contributed by atoms with Gasteiger partial charge in [0.25, 0.3) is 0 Å². The van der Waals surface area contributed by atoms with Gasteiger partial charge in [0.2, 0.25) is 0 Å². The Labute approximate surface area is 95.7 Å². The Balaban J connectivity index is 1.75. The highest BCUT2D eigenvalue weighted by Crippen LogP contribution is 2.19. The van der Waals surface area contributed by atoms with Crippen LogP contribution in [0.2, 0.25) is 0 Å². The molecule has 4 heteroatoms. The fraction of sp³-hybridized carbons (Fsp3) is 0.583. The maximum Gasteiger partial charge on any atom is 0.0815 e. The molecule has 1 aromatic heterocycles. The zero-order chi connectivity index (χ0) is 11.3. The molecular weight excluding hydrogens is 204 g/mol. The van der Waals surface area contributed by atoms with Crippen molar-refractivity contribution in [3.8, 4) is 0 Å². The van der Waals surface area contributed by atoms with Crippen LogP contribution in [0.5, 0.6) is 0 Å². The van der Waals surface area contributed by atoms with Crippen LogP contribution in [0.4, 0.5) is 0 Å². The van der Waals surface area contributed by atoms with Crippen molar-refractivity contribution in [3.05, 3.63) is 30.1 Å². The van der Waals surface area contributed by atoms with Crippen LogP contribution in [0.15, 0.2) is 24.5 Å². The Hall–Kier alpha value is -0.970. The molecule has 88 valence electrons. The molecule has 1 fully saturated rings. The minimum absolute atomic E-state index is 0.592. The van der Waals surface area contributed by atoms with E-state index in [1.54, 1.807) is 12.4 Å². The lowest BCUT2D eigenvalue weighted by Crippen LogP contribution is -2.44. The summed E-state index contributed by atoms with van der Waals surface area (Å²) < 4.78 is 5.23. The normalized spacial score (nSPS) is 19.6. The maximum absolute atomic E-state index is 10.2. The molecule has 0 unspecified atom stereocenters. The van der Waals surface area contributed by atoms with E-state index >= 15 is 0 Å². The van der Waals surface area contributed by atoms with Gasteiger partial charge < -0.3 is 15.2 Å². The molecule has 2 N–H and O–H groups in total. The van der Waals surface area contributed by atoms with Crippen LogP contribution < -0.4 is 5.32 Å². The standard InChI is InChI=1S/C12H18N2O2/c15-12(3-7-16-8-4-12)10-14-9-11-1-5-13-6-2-11/h1-2,5-6,14-15H,3-4,7-10H2. The summed E-state index contributed by atoms with van der Waals surface area (Å²) in [6, 6.07) is 3.95. The highest BCUT2D eigenvalue weighted by atomic mass is 16.5. The predicted octanol–water partition coefficient (Wildman–Crippen LogP) is 0.713. The first-order valence-electron chi connectivity index (χ1n) is 5.68. The Bertz CT molecular complexity index is 310. The van der Waals surface area contributed by atoms with Crippen molar-refractivity contribution in [3.63, 3.8) is 0 Å². The lowest BCUT2D eigenvalue weighted by Gasteiger charge is -2.32. The van der Waals surface area contributed by atoms with E-state index in [-0.39, 0.29) is 0 Å². The van der Waals surface area contributed by atoms with E-state index in [9.17, 15) is 5.11 Å². The number of rotatable bonds is 4. The van der Waals surface area contributed by atoms with Gasteiger partial charge >= 0.3 is 0 Å². The lowest BCUT2D eigenvalue weighted by molar-refractivity contribution is -0.0617. The zero-order valence-corrected chi connectivity index (χ0v) is 9.35. The average Bonchev–Trinajstić information content (AvgIpc) is 2.31. The van der Waals surface area contributed by atoms with Crippen LogP contribution in [0, 0.1) is 0 Å². The van der Waals surface area contributed by atoms with Crippen LogP contribution in [0.25, 0.3) is 0 Å². The molecule has 1 aliphatic rings. The predicted molar refractivity (Wildman–Crippen MR) is 60.9 cm³/mol. The van der Waals surface area contributed by atoms with Gasteiger partial charge in [0, 0.05) is 51.5 Å². The number of nitrogens with one attached hydrogen (secondary N) is 1. The fourth-order valence-electron chi connectivity index (χ4n) is 1.87. The van der Waals surface area contributed by atoms with Crippen LogP contribution in [0.3, 0.4) is 0 Å². The van der Waals surface area contributed by atoms with E-state index in [1.807, 2.05) is 12.1 Å². The third-order valence-corrected chi connectivity index (χ3v) is 2.96. The van der Waals surface area contributed by atoms with Gasteiger partial charge in [0.05, 0.1) is 5.60 Å². The maximum atomic E-state index is 10.2. The largest absolute Gasteiger partial charge is 0.388 e. The Morgan fingerprint density at radius 2 is 2.00 bits per heavy atom. The molecular formula is C12H18N2O2. The number of hydrogen-bond donors (Lipinski definition) is 2. The van der Waals surface area contributed by atoms with Crippen molar-refractivity contribution in [2.45, 2.75) is 25.0 Å². The van der Waals surface area contributed by atoms with Crippen LogP contribution in [0.1, 0.15) is 18.4 Å². The molecule has 0 aliphatic carbocycles. The summed E-state index contributed by atoms with van der Waals surface area (Å²) in [5, 5.41) is 13.5. The van der Waals surface area contributed by atoms with Crippen molar-refractivity contribution >= 4 is 0 Å². The monoisotopic (exact) mass is 222 g/mol. The summed E-state index contributed by atoms with van der Waals surface area (Å²) in [7, 11) is 0. The summed E-state index contributed by atoms with van der Waals surface area (Å²) in [5.41, 5.74) is 0.594. The molecule has 0 aromatic carbocycles. The molecule has 16 heavy (non-hydrogen) atoms. The number of aliphatic hydroxyl groups is 1. The van der Waals surface area contributed by atoms with Crippen LogP contribution >= 0.6 is 0 Å². The summed E-state index contributed by atoms with van der Waals surface area (Å²) in [4.78, 5) is 3.96. The third-order valence-electron chi connectivity index (χ3n) is 2.96.